The van der Waals surface area contributed by atoms with Crippen molar-refractivity contribution in [2.24, 2.45) is 0 Å². The molecular formula is C18H19BrO4. The van der Waals surface area contributed by atoms with Crippen LogP contribution in [0.1, 0.15) is 19.4 Å². The van der Waals surface area contributed by atoms with Crippen LogP contribution in [-0.4, -0.2) is 26.8 Å². The topological polar surface area (TPSA) is 44.8 Å². The second-order valence-electron chi connectivity index (χ2n) is 4.89. The van der Waals surface area contributed by atoms with Crippen LogP contribution in [0, 0.1) is 0 Å². The van der Waals surface area contributed by atoms with E-state index in [4.69, 9.17) is 14.2 Å². The van der Waals surface area contributed by atoms with Crippen molar-refractivity contribution in [3.05, 3.63) is 39.9 Å². The molecule has 0 fully saturated rings. The molecule has 0 atom stereocenters. The first-order valence-electron chi connectivity index (χ1n) is 7.22. The third-order valence-corrected chi connectivity index (χ3v) is 4.25. The SMILES string of the molecule is CCOC(=O)/C(C)=C/c1c(Br)c(OC)c2ccccc2c1OC. The average Bonchev–Trinajstić information content (AvgIpc) is 2.56. The van der Waals surface area contributed by atoms with Crippen LogP contribution in [0.2, 0.25) is 0 Å². The summed E-state index contributed by atoms with van der Waals surface area (Å²) in [6.45, 7) is 3.83. The molecule has 0 spiro atoms. The molecule has 0 bridgehead atoms. The molecule has 0 aliphatic rings. The van der Waals surface area contributed by atoms with Crippen molar-refractivity contribution in [1.82, 2.24) is 0 Å². The van der Waals surface area contributed by atoms with Gasteiger partial charge in [-0.25, -0.2) is 4.79 Å². The zero-order chi connectivity index (χ0) is 17.0. The summed E-state index contributed by atoms with van der Waals surface area (Å²) in [7, 11) is 3.22. The van der Waals surface area contributed by atoms with Crippen molar-refractivity contribution >= 4 is 38.7 Å². The fraction of sp³-hybridized carbons (Fsp3) is 0.278. The highest BCUT2D eigenvalue weighted by molar-refractivity contribution is 9.10. The first-order chi connectivity index (χ1) is 11.0. The second kappa shape index (κ2) is 7.51. The fourth-order valence-electron chi connectivity index (χ4n) is 2.43. The lowest BCUT2D eigenvalue weighted by Crippen LogP contribution is -2.05. The van der Waals surface area contributed by atoms with Gasteiger partial charge in [-0.05, 0) is 35.9 Å². The van der Waals surface area contributed by atoms with E-state index in [1.165, 1.54) is 0 Å². The summed E-state index contributed by atoms with van der Waals surface area (Å²) in [5, 5.41) is 1.85. The van der Waals surface area contributed by atoms with Gasteiger partial charge in [0.1, 0.15) is 11.5 Å². The number of halogens is 1. The van der Waals surface area contributed by atoms with Crippen LogP contribution in [0.4, 0.5) is 0 Å². The number of fused-ring (bicyclic) bond motifs is 1. The Hall–Kier alpha value is -2.01. The molecule has 0 aliphatic carbocycles. The molecule has 2 aromatic rings. The minimum absolute atomic E-state index is 0.337. The Labute approximate surface area is 144 Å². The fourth-order valence-corrected chi connectivity index (χ4v) is 3.10. The molecule has 5 heteroatoms. The van der Waals surface area contributed by atoms with Crippen LogP contribution < -0.4 is 9.47 Å². The molecule has 4 nitrogen and oxygen atoms in total. The molecule has 0 saturated heterocycles. The van der Waals surface area contributed by atoms with E-state index in [1.54, 1.807) is 34.1 Å². The Morgan fingerprint density at radius 3 is 2.22 bits per heavy atom. The van der Waals surface area contributed by atoms with E-state index in [0.717, 1.165) is 20.8 Å². The first-order valence-corrected chi connectivity index (χ1v) is 8.02. The van der Waals surface area contributed by atoms with Crippen LogP contribution in [0.5, 0.6) is 11.5 Å². The van der Waals surface area contributed by atoms with Crippen molar-refractivity contribution < 1.29 is 19.0 Å². The zero-order valence-corrected chi connectivity index (χ0v) is 15.2. The lowest BCUT2D eigenvalue weighted by molar-refractivity contribution is -0.138. The van der Waals surface area contributed by atoms with Gasteiger partial charge in [-0.15, -0.1) is 0 Å². The maximum atomic E-state index is 11.9. The highest BCUT2D eigenvalue weighted by Crippen LogP contribution is 2.44. The van der Waals surface area contributed by atoms with Crippen molar-refractivity contribution in [2.45, 2.75) is 13.8 Å². The number of hydrogen-bond acceptors (Lipinski definition) is 4. The Balaban J connectivity index is 2.75. The Morgan fingerprint density at radius 2 is 1.70 bits per heavy atom. The van der Waals surface area contributed by atoms with Crippen molar-refractivity contribution in [3.8, 4) is 11.5 Å². The second-order valence-corrected chi connectivity index (χ2v) is 5.68. The van der Waals surface area contributed by atoms with E-state index in [2.05, 4.69) is 15.9 Å². The van der Waals surface area contributed by atoms with Crippen molar-refractivity contribution in [1.29, 1.82) is 0 Å². The summed E-state index contributed by atoms with van der Waals surface area (Å²) in [4.78, 5) is 11.9. The molecule has 2 aromatic carbocycles. The van der Waals surface area contributed by atoms with Crippen molar-refractivity contribution in [2.75, 3.05) is 20.8 Å². The predicted octanol–water partition coefficient (Wildman–Crippen LogP) is 4.59. The minimum atomic E-state index is -0.353. The number of ether oxygens (including phenoxy) is 3. The molecular weight excluding hydrogens is 360 g/mol. The van der Waals surface area contributed by atoms with Crippen LogP contribution in [0.25, 0.3) is 16.8 Å². The lowest BCUT2D eigenvalue weighted by Gasteiger charge is -2.16. The van der Waals surface area contributed by atoms with Crippen LogP contribution in [0.3, 0.4) is 0 Å². The van der Waals surface area contributed by atoms with Crippen LogP contribution in [0.15, 0.2) is 34.3 Å². The normalized spacial score (nSPS) is 11.4. The van der Waals surface area contributed by atoms with E-state index >= 15 is 0 Å². The van der Waals surface area contributed by atoms with Gasteiger partial charge in [0.2, 0.25) is 0 Å². The molecule has 0 heterocycles. The largest absolute Gasteiger partial charge is 0.495 e. The van der Waals surface area contributed by atoms with Gasteiger partial charge in [0.25, 0.3) is 0 Å². The summed E-state index contributed by atoms with van der Waals surface area (Å²) in [5.41, 5.74) is 1.23. The summed E-state index contributed by atoms with van der Waals surface area (Å²) in [5.74, 6) is 1.02. The molecule has 0 aromatic heterocycles. The van der Waals surface area contributed by atoms with Gasteiger partial charge in [0.15, 0.2) is 0 Å². The molecule has 122 valence electrons. The number of benzene rings is 2. The lowest BCUT2D eigenvalue weighted by atomic mass is 10.0. The van der Waals surface area contributed by atoms with Gasteiger partial charge in [0.05, 0.1) is 25.3 Å². The van der Waals surface area contributed by atoms with Gasteiger partial charge in [-0.2, -0.15) is 0 Å². The highest BCUT2D eigenvalue weighted by atomic mass is 79.9. The molecule has 2 rings (SSSR count). The number of esters is 1. The molecule has 0 N–H and O–H groups in total. The number of methoxy groups -OCH3 is 2. The maximum Gasteiger partial charge on any atom is 0.333 e. The van der Waals surface area contributed by atoms with E-state index in [-0.39, 0.29) is 5.97 Å². The third kappa shape index (κ3) is 3.34. The van der Waals surface area contributed by atoms with Gasteiger partial charge in [0, 0.05) is 21.9 Å². The molecule has 23 heavy (non-hydrogen) atoms. The molecule has 0 radical (unpaired) electrons. The van der Waals surface area contributed by atoms with E-state index in [9.17, 15) is 4.79 Å². The van der Waals surface area contributed by atoms with Crippen LogP contribution in [-0.2, 0) is 9.53 Å². The predicted molar refractivity (Wildman–Crippen MR) is 95.0 cm³/mol. The summed E-state index contributed by atoms with van der Waals surface area (Å²) in [6, 6.07) is 7.80. The summed E-state index contributed by atoms with van der Waals surface area (Å²) < 4.78 is 16.9. The van der Waals surface area contributed by atoms with Crippen LogP contribution >= 0.6 is 15.9 Å². The standard InChI is InChI=1S/C18H19BrO4/c1-5-23-18(20)11(2)10-14-15(19)17(22-4)13-9-7-6-8-12(13)16(14)21-3/h6-10H,5H2,1-4H3/b11-10+. The molecule has 0 amide bonds. The first kappa shape index (κ1) is 17.3. The summed E-state index contributed by atoms with van der Waals surface area (Å²) in [6.07, 6.45) is 1.75. The van der Waals surface area contributed by atoms with Gasteiger partial charge < -0.3 is 14.2 Å². The third-order valence-electron chi connectivity index (χ3n) is 3.46. The van der Waals surface area contributed by atoms with Gasteiger partial charge in [-0.1, -0.05) is 24.3 Å². The molecule has 0 unspecified atom stereocenters. The Kier molecular flexibility index (Phi) is 5.66. The van der Waals surface area contributed by atoms with E-state index in [0.29, 0.717) is 23.7 Å². The van der Waals surface area contributed by atoms with E-state index < -0.39 is 0 Å². The molecule has 0 saturated carbocycles. The number of rotatable bonds is 5. The monoisotopic (exact) mass is 378 g/mol. The number of hydrogen-bond donors (Lipinski definition) is 0. The molecule has 0 aliphatic heterocycles. The zero-order valence-electron chi connectivity index (χ0n) is 13.6. The Bertz CT molecular complexity index is 765. The van der Waals surface area contributed by atoms with Gasteiger partial charge in [-0.3, -0.25) is 0 Å². The highest BCUT2D eigenvalue weighted by Gasteiger charge is 2.19. The minimum Gasteiger partial charge on any atom is -0.495 e. The number of carbonyl (C=O) groups is 1. The summed E-state index contributed by atoms with van der Waals surface area (Å²) >= 11 is 3.57. The van der Waals surface area contributed by atoms with Gasteiger partial charge >= 0.3 is 5.97 Å². The number of carbonyl (C=O) groups excluding carboxylic acids is 1. The maximum absolute atomic E-state index is 11.9. The van der Waals surface area contributed by atoms with E-state index in [1.807, 2.05) is 24.3 Å². The smallest absolute Gasteiger partial charge is 0.333 e. The quantitative estimate of drug-likeness (QED) is 0.563. The van der Waals surface area contributed by atoms with Crippen molar-refractivity contribution in [3.63, 3.8) is 0 Å². The average molecular weight is 379 g/mol. The Morgan fingerprint density at radius 1 is 1.13 bits per heavy atom.